The van der Waals surface area contributed by atoms with E-state index in [1.165, 1.54) is 0 Å². The van der Waals surface area contributed by atoms with Crippen molar-refractivity contribution in [2.24, 2.45) is 0 Å². The Balaban J connectivity index is 1.50. The Hall–Kier alpha value is -2.25. The summed E-state index contributed by atoms with van der Waals surface area (Å²) in [5, 5.41) is 4.75. The number of fused-ring (bicyclic) bond motifs is 2. The molecule has 0 aliphatic carbocycles. The minimum absolute atomic E-state index is 0.0116. The van der Waals surface area contributed by atoms with E-state index in [0.29, 0.717) is 34.2 Å². The van der Waals surface area contributed by atoms with Crippen LogP contribution in [0.1, 0.15) is 62.6 Å². The Bertz CT molecular complexity index is 1010. The molecular formula is C23H26Cl2N2O5. The molecule has 2 fully saturated rings. The normalized spacial score (nSPS) is 22.7. The van der Waals surface area contributed by atoms with Gasteiger partial charge in [-0.1, -0.05) is 34.4 Å². The van der Waals surface area contributed by atoms with E-state index in [1.807, 2.05) is 25.7 Å². The number of carbonyl (C=O) groups excluding carboxylic acids is 2. The molecule has 1 unspecified atom stereocenters. The minimum Gasteiger partial charge on any atom is -0.458 e. The molecule has 0 saturated carbocycles. The van der Waals surface area contributed by atoms with E-state index >= 15 is 0 Å². The van der Waals surface area contributed by atoms with Gasteiger partial charge in [0.05, 0.1) is 10.0 Å². The number of aromatic nitrogens is 1. The van der Waals surface area contributed by atoms with Crippen molar-refractivity contribution >= 4 is 35.3 Å². The number of benzene rings is 1. The number of hydrogen-bond acceptors (Lipinski definition) is 6. The number of rotatable bonds is 3. The molecule has 172 valence electrons. The lowest BCUT2D eigenvalue weighted by atomic mass is 10.00. The van der Waals surface area contributed by atoms with Crippen LogP contribution in [-0.4, -0.2) is 45.9 Å². The quantitative estimate of drug-likeness (QED) is 0.497. The molecule has 0 radical (unpaired) electrons. The summed E-state index contributed by atoms with van der Waals surface area (Å²) in [6.45, 7) is 7.20. The van der Waals surface area contributed by atoms with Crippen molar-refractivity contribution in [3.05, 3.63) is 39.6 Å². The lowest BCUT2D eigenvalue weighted by molar-refractivity contribution is -0.0226. The summed E-state index contributed by atoms with van der Waals surface area (Å²) >= 11 is 12.6. The van der Waals surface area contributed by atoms with Crippen LogP contribution in [0.2, 0.25) is 10.0 Å². The van der Waals surface area contributed by atoms with E-state index in [2.05, 4.69) is 5.16 Å². The lowest BCUT2D eigenvalue weighted by Gasteiger charge is -2.39. The molecule has 1 aromatic heterocycles. The van der Waals surface area contributed by atoms with E-state index < -0.39 is 11.6 Å². The molecule has 3 heterocycles. The molecular weight excluding hydrogens is 455 g/mol. The van der Waals surface area contributed by atoms with Crippen molar-refractivity contribution in [3.63, 3.8) is 0 Å². The molecule has 3 atom stereocenters. The molecule has 7 nitrogen and oxygen atoms in total. The minimum atomic E-state index is -0.554. The number of aryl methyl sites for hydroxylation is 1. The second kappa shape index (κ2) is 8.60. The maximum absolute atomic E-state index is 13.1. The monoisotopic (exact) mass is 480 g/mol. The average Bonchev–Trinajstić information content (AvgIpc) is 3.18. The fourth-order valence-corrected chi connectivity index (χ4v) is 5.13. The van der Waals surface area contributed by atoms with Gasteiger partial charge in [-0.3, -0.25) is 0 Å². The predicted molar refractivity (Wildman–Crippen MR) is 120 cm³/mol. The first-order valence-electron chi connectivity index (χ1n) is 10.7. The summed E-state index contributed by atoms with van der Waals surface area (Å²) in [4.78, 5) is 27.6. The zero-order chi connectivity index (χ0) is 23.2. The first-order chi connectivity index (χ1) is 15.0. The third kappa shape index (κ3) is 4.46. The average molecular weight is 481 g/mol. The highest BCUT2D eigenvalue weighted by Gasteiger charge is 2.46. The number of ether oxygens (including phenoxy) is 2. The second-order valence-electron chi connectivity index (χ2n) is 9.33. The van der Waals surface area contributed by atoms with Crippen molar-refractivity contribution in [1.82, 2.24) is 10.1 Å². The van der Waals surface area contributed by atoms with Gasteiger partial charge >= 0.3 is 12.1 Å². The van der Waals surface area contributed by atoms with E-state index in [0.717, 1.165) is 12.8 Å². The maximum Gasteiger partial charge on any atom is 0.410 e. The number of hydrogen-bond donors (Lipinski definition) is 0. The van der Waals surface area contributed by atoms with Gasteiger partial charge in [0.15, 0.2) is 0 Å². The molecule has 2 saturated heterocycles. The van der Waals surface area contributed by atoms with Gasteiger partial charge in [-0.2, -0.15) is 0 Å². The number of nitrogens with zero attached hydrogens (tertiary/aromatic N) is 2. The van der Waals surface area contributed by atoms with E-state index in [1.54, 1.807) is 25.1 Å². The van der Waals surface area contributed by atoms with Crippen molar-refractivity contribution < 1.29 is 23.6 Å². The summed E-state index contributed by atoms with van der Waals surface area (Å²) in [7, 11) is 0. The fourth-order valence-electron chi connectivity index (χ4n) is 4.55. The van der Waals surface area contributed by atoms with E-state index in [-0.39, 0.29) is 35.5 Å². The Morgan fingerprint density at radius 3 is 2.28 bits per heavy atom. The smallest absolute Gasteiger partial charge is 0.410 e. The highest BCUT2D eigenvalue weighted by molar-refractivity contribution is 6.39. The molecule has 1 aromatic carbocycles. The fraction of sp³-hybridized carbons (Fsp3) is 0.522. The van der Waals surface area contributed by atoms with Crippen molar-refractivity contribution in [2.75, 3.05) is 0 Å². The molecule has 1 amide bonds. The van der Waals surface area contributed by atoms with Gasteiger partial charge in [0, 0.05) is 30.5 Å². The van der Waals surface area contributed by atoms with Gasteiger partial charge in [0.1, 0.15) is 28.7 Å². The topological polar surface area (TPSA) is 81.9 Å². The number of carbonyl (C=O) groups is 2. The summed E-state index contributed by atoms with van der Waals surface area (Å²) in [6, 6.07) is 5.04. The molecule has 2 aliphatic rings. The van der Waals surface area contributed by atoms with Crippen LogP contribution in [0.5, 0.6) is 0 Å². The summed E-state index contributed by atoms with van der Waals surface area (Å²) in [6.07, 6.45) is 2.24. The van der Waals surface area contributed by atoms with E-state index in [4.69, 9.17) is 37.2 Å². The van der Waals surface area contributed by atoms with Crippen LogP contribution in [0, 0.1) is 6.92 Å². The van der Waals surface area contributed by atoms with Gasteiger partial charge in [0.25, 0.3) is 0 Å². The van der Waals surface area contributed by atoms with Gasteiger partial charge in [-0.05, 0) is 52.7 Å². The molecule has 4 rings (SSSR count). The van der Waals surface area contributed by atoms with Crippen LogP contribution in [0.3, 0.4) is 0 Å². The molecule has 2 aliphatic heterocycles. The summed E-state index contributed by atoms with van der Waals surface area (Å²) < 4.78 is 16.7. The number of amides is 1. The van der Waals surface area contributed by atoms with Crippen LogP contribution in [0.15, 0.2) is 22.7 Å². The first kappa shape index (κ1) is 22.9. The number of esters is 1. The van der Waals surface area contributed by atoms with Gasteiger partial charge in [0.2, 0.25) is 0 Å². The molecule has 2 bridgehead atoms. The number of halogens is 2. The van der Waals surface area contributed by atoms with Crippen LogP contribution in [-0.2, 0) is 9.47 Å². The van der Waals surface area contributed by atoms with Crippen LogP contribution in [0.25, 0.3) is 11.3 Å². The van der Waals surface area contributed by atoms with Crippen molar-refractivity contribution in [3.8, 4) is 11.3 Å². The lowest BCUT2D eigenvalue weighted by Crippen LogP contribution is -2.50. The standard InChI is InChI=1S/C23H26Cl2N2O5/c1-12-18(20(26-32-12)19-16(24)6-5-7-17(19)25)21(28)30-15-10-13-8-9-14(11-15)27(13)22(29)31-23(2,3)4/h5-7,13-15H,8-11H2,1-4H3/t13-,14+,15?. The highest BCUT2D eigenvalue weighted by atomic mass is 35.5. The Labute approximate surface area is 196 Å². The molecule has 32 heavy (non-hydrogen) atoms. The van der Waals surface area contributed by atoms with Gasteiger partial charge in [-0.25, -0.2) is 9.59 Å². The van der Waals surface area contributed by atoms with Crippen LogP contribution in [0.4, 0.5) is 4.79 Å². The van der Waals surface area contributed by atoms with Crippen LogP contribution < -0.4 is 0 Å². The molecule has 9 heteroatoms. The maximum atomic E-state index is 13.1. The first-order valence-corrected chi connectivity index (χ1v) is 11.4. The zero-order valence-corrected chi connectivity index (χ0v) is 20.0. The molecule has 0 spiro atoms. The molecule has 0 N–H and O–H groups in total. The van der Waals surface area contributed by atoms with Gasteiger partial charge < -0.3 is 18.9 Å². The number of piperidine rings is 1. The van der Waals surface area contributed by atoms with Gasteiger partial charge in [-0.15, -0.1) is 0 Å². The Kier molecular flexibility index (Phi) is 6.16. The summed E-state index contributed by atoms with van der Waals surface area (Å²) in [5.41, 5.74) is 0.348. The third-order valence-electron chi connectivity index (χ3n) is 5.83. The second-order valence-corrected chi connectivity index (χ2v) is 10.1. The summed E-state index contributed by atoms with van der Waals surface area (Å²) in [5.74, 6) is -0.208. The SMILES string of the molecule is Cc1onc(-c2c(Cl)cccc2Cl)c1C(=O)OC1C[C@H]2CC[C@@H](C1)N2C(=O)OC(C)(C)C. The highest BCUT2D eigenvalue weighted by Crippen LogP contribution is 2.40. The zero-order valence-electron chi connectivity index (χ0n) is 18.5. The largest absolute Gasteiger partial charge is 0.458 e. The Morgan fingerprint density at radius 1 is 1.12 bits per heavy atom. The van der Waals surface area contributed by atoms with E-state index in [9.17, 15) is 9.59 Å². The van der Waals surface area contributed by atoms with Crippen LogP contribution >= 0.6 is 23.2 Å². The Morgan fingerprint density at radius 2 is 1.72 bits per heavy atom. The third-order valence-corrected chi connectivity index (χ3v) is 6.46. The van der Waals surface area contributed by atoms with Crippen molar-refractivity contribution in [2.45, 2.75) is 77.2 Å². The predicted octanol–water partition coefficient (Wildman–Crippen LogP) is 6.04. The van der Waals surface area contributed by atoms with Crippen molar-refractivity contribution in [1.29, 1.82) is 0 Å². The molecule has 2 aromatic rings.